The molecule has 1 N–H and O–H groups in total. The van der Waals surface area contributed by atoms with Gasteiger partial charge in [0.1, 0.15) is 0 Å². The molecule has 1 aromatic heterocycles. The largest absolute Gasteiger partial charge is 0.354 e. The highest BCUT2D eigenvalue weighted by Crippen LogP contribution is 2.26. The Hall–Kier alpha value is -2.64. The third-order valence-corrected chi connectivity index (χ3v) is 6.34. The minimum Gasteiger partial charge on any atom is -0.354 e. The van der Waals surface area contributed by atoms with Crippen LogP contribution in [0.3, 0.4) is 0 Å². The van der Waals surface area contributed by atoms with Gasteiger partial charge in [-0.2, -0.15) is 0 Å². The molecule has 0 spiro atoms. The molecule has 2 fully saturated rings. The van der Waals surface area contributed by atoms with Gasteiger partial charge in [0, 0.05) is 70.3 Å². The first-order chi connectivity index (χ1) is 14.5. The van der Waals surface area contributed by atoms with Gasteiger partial charge in [-0.15, -0.1) is 0 Å². The Morgan fingerprint density at radius 3 is 2.47 bits per heavy atom. The van der Waals surface area contributed by atoms with E-state index >= 15 is 0 Å². The number of anilines is 1. The van der Waals surface area contributed by atoms with Crippen molar-refractivity contribution in [3.8, 4) is 0 Å². The van der Waals surface area contributed by atoms with Crippen molar-refractivity contribution in [2.75, 3.05) is 51.2 Å². The van der Waals surface area contributed by atoms with E-state index in [9.17, 15) is 9.59 Å². The third-order valence-electron chi connectivity index (χ3n) is 6.34. The highest BCUT2D eigenvalue weighted by molar-refractivity contribution is 6.00. The molecule has 0 saturated carbocycles. The molecule has 2 atom stereocenters. The van der Waals surface area contributed by atoms with Gasteiger partial charge in [-0.05, 0) is 31.3 Å². The van der Waals surface area contributed by atoms with Crippen molar-refractivity contribution in [2.45, 2.75) is 12.5 Å². The number of amides is 2. The lowest BCUT2D eigenvalue weighted by molar-refractivity contribution is -0.126. The predicted octanol–water partition coefficient (Wildman–Crippen LogP) is 1.48. The van der Waals surface area contributed by atoms with Gasteiger partial charge < -0.3 is 19.7 Å². The molecule has 2 aliphatic heterocycles. The molecule has 2 amide bonds. The van der Waals surface area contributed by atoms with E-state index in [1.54, 1.807) is 4.90 Å². The van der Waals surface area contributed by atoms with Gasteiger partial charge in [0.15, 0.2) is 0 Å². The number of benzene rings is 1. The molecule has 2 saturated heterocycles. The Bertz CT molecular complexity index is 873. The van der Waals surface area contributed by atoms with Gasteiger partial charge >= 0.3 is 0 Å². The lowest BCUT2D eigenvalue weighted by Crippen LogP contribution is -2.49. The fourth-order valence-corrected chi connectivity index (χ4v) is 4.46. The smallest absolute Gasteiger partial charge is 0.227 e. The molecule has 2 aromatic rings. The van der Waals surface area contributed by atoms with E-state index in [2.05, 4.69) is 32.8 Å². The highest BCUT2D eigenvalue weighted by Gasteiger charge is 2.35. The minimum atomic E-state index is -0.306. The number of likely N-dealkylation sites (N-methyl/N-ethyl adjacent to an activating group) is 1. The molecule has 0 aliphatic carbocycles. The van der Waals surface area contributed by atoms with Crippen molar-refractivity contribution in [2.24, 2.45) is 13.0 Å². The summed E-state index contributed by atoms with van der Waals surface area (Å²) < 4.78 is 2.13. The normalized spacial score (nSPS) is 21.7. The second kappa shape index (κ2) is 9.02. The van der Waals surface area contributed by atoms with Gasteiger partial charge in [-0.1, -0.05) is 18.2 Å². The average Bonchev–Trinajstić information content (AvgIpc) is 3.36. The molecule has 1 aromatic carbocycles. The molecule has 0 bridgehead atoms. The van der Waals surface area contributed by atoms with Crippen LogP contribution in [0.25, 0.3) is 0 Å². The van der Waals surface area contributed by atoms with Gasteiger partial charge in [0.05, 0.1) is 12.0 Å². The summed E-state index contributed by atoms with van der Waals surface area (Å²) in [6, 6.07) is 13.9. The quantitative estimate of drug-likeness (QED) is 0.785. The van der Waals surface area contributed by atoms with E-state index < -0.39 is 0 Å². The van der Waals surface area contributed by atoms with Crippen LogP contribution in [0.4, 0.5) is 5.69 Å². The van der Waals surface area contributed by atoms with Gasteiger partial charge in [-0.25, -0.2) is 0 Å². The van der Waals surface area contributed by atoms with Gasteiger partial charge in [0.2, 0.25) is 11.8 Å². The fourth-order valence-electron chi connectivity index (χ4n) is 4.46. The topological polar surface area (TPSA) is 60.8 Å². The van der Waals surface area contributed by atoms with Crippen molar-refractivity contribution in [1.82, 2.24) is 19.7 Å². The maximum atomic E-state index is 12.9. The first kappa shape index (κ1) is 20.6. The van der Waals surface area contributed by atoms with E-state index in [0.717, 1.165) is 31.9 Å². The van der Waals surface area contributed by atoms with Crippen LogP contribution >= 0.6 is 0 Å². The first-order valence-corrected chi connectivity index (χ1v) is 10.7. The number of aromatic nitrogens is 1. The maximum absolute atomic E-state index is 12.9. The molecule has 4 rings (SSSR count). The van der Waals surface area contributed by atoms with Crippen LogP contribution in [0.1, 0.15) is 18.2 Å². The number of carbonyl (C=O) groups excluding carboxylic acids is 2. The number of aryl methyl sites for hydroxylation is 1. The number of nitrogens with zero attached hydrogens (tertiary/aromatic N) is 4. The van der Waals surface area contributed by atoms with Crippen LogP contribution in [0.15, 0.2) is 48.7 Å². The molecule has 0 radical (unpaired) electrons. The molecule has 3 heterocycles. The number of para-hydroxylation sites is 1. The SMILES string of the molecule is CN1CCN(C(CNC(=O)C2CC(=O)N(c3ccccc3)C2)c2cccn2C)CC1. The summed E-state index contributed by atoms with van der Waals surface area (Å²) in [5, 5.41) is 3.15. The average molecular weight is 410 g/mol. The predicted molar refractivity (Wildman–Crippen MR) is 117 cm³/mol. The molecule has 7 nitrogen and oxygen atoms in total. The molecular formula is C23H31N5O2. The highest BCUT2D eigenvalue weighted by atomic mass is 16.2. The monoisotopic (exact) mass is 409 g/mol. The standard InChI is InChI=1S/C23H31N5O2/c1-25-11-13-27(14-12-25)21(20-9-6-10-26(20)2)16-24-23(30)18-15-22(29)28(17-18)19-7-4-3-5-8-19/h3-10,18,21H,11-17H2,1-2H3,(H,24,30). The number of carbonyl (C=O) groups is 2. The first-order valence-electron chi connectivity index (χ1n) is 10.7. The lowest BCUT2D eigenvalue weighted by Gasteiger charge is -2.38. The Kier molecular flexibility index (Phi) is 6.20. The number of piperazine rings is 1. The van der Waals surface area contributed by atoms with E-state index in [1.807, 2.05) is 49.6 Å². The van der Waals surface area contributed by atoms with Gasteiger partial charge in [0.25, 0.3) is 0 Å². The summed E-state index contributed by atoms with van der Waals surface area (Å²) in [7, 11) is 4.19. The Labute approximate surface area is 178 Å². The number of nitrogens with one attached hydrogen (secondary N) is 1. The molecule has 2 unspecified atom stereocenters. The van der Waals surface area contributed by atoms with Crippen LogP contribution in [-0.2, 0) is 16.6 Å². The number of hydrogen-bond acceptors (Lipinski definition) is 4. The van der Waals surface area contributed by atoms with Crippen LogP contribution in [0.5, 0.6) is 0 Å². The molecular weight excluding hydrogens is 378 g/mol. The Balaban J connectivity index is 1.40. The van der Waals surface area contributed by atoms with Crippen LogP contribution in [-0.4, -0.2) is 72.5 Å². The second-order valence-corrected chi connectivity index (χ2v) is 8.39. The van der Waals surface area contributed by atoms with Gasteiger partial charge in [-0.3, -0.25) is 14.5 Å². The zero-order chi connectivity index (χ0) is 21.1. The fraction of sp³-hybridized carbons (Fsp3) is 0.478. The Morgan fingerprint density at radius 2 is 1.80 bits per heavy atom. The van der Waals surface area contributed by atoms with E-state index in [0.29, 0.717) is 13.1 Å². The van der Waals surface area contributed by atoms with Crippen LogP contribution < -0.4 is 10.2 Å². The van der Waals surface area contributed by atoms with Crippen molar-refractivity contribution in [3.63, 3.8) is 0 Å². The lowest BCUT2D eigenvalue weighted by atomic mass is 10.1. The Morgan fingerprint density at radius 1 is 1.07 bits per heavy atom. The molecule has 30 heavy (non-hydrogen) atoms. The summed E-state index contributed by atoms with van der Waals surface area (Å²) >= 11 is 0. The summed E-state index contributed by atoms with van der Waals surface area (Å²) in [6.07, 6.45) is 2.32. The molecule has 160 valence electrons. The third kappa shape index (κ3) is 4.42. The van der Waals surface area contributed by atoms with Crippen molar-refractivity contribution < 1.29 is 9.59 Å². The summed E-state index contributed by atoms with van der Waals surface area (Å²) in [4.78, 5) is 31.9. The molecule has 2 aliphatic rings. The van der Waals surface area contributed by atoms with E-state index in [-0.39, 0.29) is 30.2 Å². The maximum Gasteiger partial charge on any atom is 0.227 e. The van der Waals surface area contributed by atoms with E-state index in [1.165, 1.54) is 5.69 Å². The summed E-state index contributed by atoms with van der Waals surface area (Å²) in [5.41, 5.74) is 2.06. The second-order valence-electron chi connectivity index (χ2n) is 8.39. The van der Waals surface area contributed by atoms with Crippen LogP contribution in [0.2, 0.25) is 0 Å². The zero-order valence-electron chi connectivity index (χ0n) is 17.8. The summed E-state index contributed by atoms with van der Waals surface area (Å²) in [5.74, 6) is -0.325. The zero-order valence-corrected chi connectivity index (χ0v) is 17.8. The van der Waals surface area contributed by atoms with Crippen molar-refractivity contribution >= 4 is 17.5 Å². The number of hydrogen-bond donors (Lipinski definition) is 1. The van der Waals surface area contributed by atoms with Crippen LogP contribution in [0, 0.1) is 5.92 Å². The molecule has 7 heteroatoms. The number of rotatable bonds is 6. The van der Waals surface area contributed by atoms with E-state index in [4.69, 9.17) is 0 Å². The van der Waals surface area contributed by atoms with Crippen molar-refractivity contribution in [1.29, 1.82) is 0 Å². The summed E-state index contributed by atoms with van der Waals surface area (Å²) in [6.45, 7) is 5.00. The minimum absolute atomic E-state index is 0.0133. The van der Waals surface area contributed by atoms with Crippen molar-refractivity contribution in [3.05, 3.63) is 54.4 Å².